The summed E-state index contributed by atoms with van der Waals surface area (Å²) in [5.74, 6) is -10.8. The number of rotatable bonds is 12. The fourth-order valence-corrected chi connectivity index (χ4v) is 5.49. The maximum Gasteiger partial charge on any atom is 0.345 e. The van der Waals surface area contributed by atoms with E-state index in [9.17, 15) is 65.1 Å². The highest BCUT2D eigenvalue weighted by atomic mass is 16.6. The molecule has 4 atom stereocenters. The van der Waals surface area contributed by atoms with Gasteiger partial charge in [-0.1, -0.05) is 24.3 Å². The first-order valence-electron chi connectivity index (χ1n) is 15.2. The summed E-state index contributed by atoms with van der Waals surface area (Å²) in [6.45, 7) is 0. The van der Waals surface area contributed by atoms with Crippen LogP contribution in [0.2, 0.25) is 0 Å². The minimum absolute atomic E-state index is 0.0443. The number of carboxylic acids is 2. The number of esters is 2. The monoisotopic (exact) mass is 718 g/mol. The van der Waals surface area contributed by atoms with Crippen LogP contribution in [0.1, 0.15) is 39.8 Å². The molecule has 16 heteroatoms. The van der Waals surface area contributed by atoms with E-state index in [4.69, 9.17) is 14.2 Å². The van der Waals surface area contributed by atoms with E-state index in [2.05, 4.69) is 0 Å². The van der Waals surface area contributed by atoms with Gasteiger partial charge >= 0.3 is 23.9 Å². The van der Waals surface area contributed by atoms with E-state index in [0.29, 0.717) is 0 Å². The number of phenolic OH excluding ortho intramolecular Hbond substituents is 7. The number of ether oxygens (including phenoxy) is 3. The molecule has 0 saturated heterocycles. The third-order valence-electron chi connectivity index (χ3n) is 8.04. The Morgan fingerprint density at radius 3 is 1.65 bits per heavy atom. The Balaban J connectivity index is 1.47. The number of benzene rings is 4. The molecule has 1 aliphatic rings. The molecule has 5 rings (SSSR count). The van der Waals surface area contributed by atoms with Gasteiger partial charge in [0.2, 0.25) is 12.2 Å². The van der Waals surface area contributed by atoms with Gasteiger partial charge in [0.1, 0.15) is 12.0 Å². The summed E-state index contributed by atoms with van der Waals surface area (Å²) >= 11 is 0. The number of carbonyl (C=O) groups is 4. The molecule has 0 aromatic heterocycles. The molecule has 0 fully saturated rings. The van der Waals surface area contributed by atoms with Crippen LogP contribution in [0, 0.1) is 0 Å². The summed E-state index contributed by atoms with van der Waals surface area (Å²) in [4.78, 5) is 50.9. The molecule has 0 spiro atoms. The first-order valence-corrected chi connectivity index (χ1v) is 15.2. The summed E-state index contributed by atoms with van der Waals surface area (Å²) in [5.41, 5.74) is 0.445. The molecule has 1 aliphatic heterocycles. The summed E-state index contributed by atoms with van der Waals surface area (Å²) in [7, 11) is 0. The van der Waals surface area contributed by atoms with Crippen molar-refractivity contribution in [3.05, 3.63) is 101 Å². The van der Waals surface area contributed by atoms with Gasteiger partial charge < -0.3 is 60.2 Å². The Bertz CT molecular complexity index is 2090. The third kappa shape index (κ3) is 7.86. The largest absolute Gasteiger partial charge is 0.504 e. The number of hydrogen-bond donors (Lipinski definition) is 9. The lowest BCUT2D eigenvalue weighted by atomic mass is 9.87. The molecule has 16 nitrogen and oxygen atoms in total. The third-order valence-corrected chi connectivity index (χ3v) is 8.04. The molecule has 4 unspecified atom stereocenters. The molecular weight excluding hydrogens is 688 g/mol. The van der Waals surface area contributed by atoms with Crippen LogP contribution in [0.3, 0.4) is 0 Å². The van der Waals surface area contributed by atoms with Gasteiger partial charge in [0.15, 0.2) is 46.0 Å². The van der Waals surface area contributed by atoms with Crippen LogP contribution in [-0.2, 0) is 41.5 Å². The van der Waals surface area contributed by atoms with Crippen LogP contribution < -0.4 is 4.74 Å². The second kappa shape index (κ2) is 14.8. The lowest BCUT2D eigenvalue weighted by molar-refractivity contribution is -0.166. The molecule has 0 bridgehead atoms. The zero-order chi connectivity index (χ0) is 37.9. The van der Waals surface area contributed by atoms with Crippen molar-refractivity contribution < 1.29 is 79.3 Å². The van der Waals surface area contributed by atoms with E-state index in [1.807, 2.05) is 0 Å². The highest BCUT2D eigenvalue weighted by Crippen LogP contribution is 2.53. The van der Waals surface area contributed by atoms with Crippen molar-refractivity contribution in [2.24, 2.45) is 0 Å². The zero-order valence-corrected chi connectivity index (χ0v) is 26.6. The number of fused-ring (bicyclic) bond motifs is 1. The summed E-state index contributed by atoms with van der Waals surface area (Å²) in [5, 5.41) is 89.1. The Kier molecular flexibility index (Phi) is 10.3. The van der Waals surface area contributed by atoms with Gasteiger partial charge in [0.25, 0.3) is 0 Å². The maximum absolute atomic E-state index is 13.9. The normalized spacial score (nSPS) is 16.0. The molecular formula is C36H30O16. The lowest BCUT2D eigenvalue weighted by Crippen LogP contribution is -2.33. The van der Waals surface area contributed by atoms with E-state index in [-0.39, 0.29) is 40.0 Å². The first kappa shape index (κ1) is 36.2. The molecule has 1 heterocycles. The number of aliphatic carboxylic acids is 2. The van der Waals surface area contributed by atoms with Gasteiger partial charge in [-0.05, 0) is 70.8 Å². The maximum atomic E-state index is 13.9. The van der Waals surface area contributed by atoms with Crippen molar-refractivity contribution >= 4 is 30.0 Å². The average Bonchev–Trinajstić information content (AvgIpc) is 3.50. The van der Waals surface area contributed by atoms with E-state index in [0.717, 1.165) is 54.6 Å². The Labute approximate surface area is 292 Å². The summed E-state index contributed by atoms with van der Waals surface area (Å²) < 4.78 is 16.5. The Hall–Kier alpha value is -7.10. The fraction of sp³-hybridized carbons (Fsp3) is 0.167. The average molecular weight is 719 g/mol. The van der Waals surface area contributed by atoms with Gasteiger partial charge in [0.05, 0.1) is 0 Å². The molecule has 270 valence electrons. The SMILES string of the molecule is O=C(/C=C/c1ccc(O)c2c1C(C(=O)OC(Cc1ccc(O)c(O)c1)C(=O)O)C(c1ccc(O)c(O)c1)O2)OC(Cc1ccc(O)c(O)c1)C(=O)O. The van der Waals surface area contributed by atoms with Gasteiger partial charge in [-0.3, -0.25) is 4.79 Å². The van der Waals surface area contributed by atoms with Crippen LogP contribution in [0.5, 0.6) is 46.0 Å². The number of carboxylic acid groups (broad SMARTS) is 2. The van der Waals surface area contributed by atoms with E-state index >= 15 is 0 Å². The topological polar surface area (TPSA) is 278 Å². The van der Waals surface area contributed by atoms with E-state index < -0.39 is 94.8 Å². The van der Waals surface area contributed by atoms with Gasteiger partial charge in [-0.2, -0.15) is 0 Å². The standard InChI is InChI=1S/C36H30O16/c37-20-6-1-16(11-24(20)41)13-27(34(45)46)50-29(44)10-5-18-3-9-23(40)33-30(18)31(32(52-33)19-4-8-22(39)26(43)15-19)36(49)51-28(35(47)48)14-17-2-7-21(38)25(42)12-17/h1-12,15,27-28,31-32,37-43H,13-14H2,(H,45,46)(H,47,48)/b10-5+. The zero-order valence-electron chi connectivity index (χ0n) is 26.6. The van der Waals surface area contributed by atoms with Crippen molar-refractivity contribution in [3.63, 3.8) is 0 Å². The quantitative estimate of drug-likeness (QED) is 0.0577. The molecule has 9 N–H and O–H groups in total. The second-order valence-electron chi connectivity index (χ2n) is 11.6. The van der Waals surface area contributed by atoms with Crippen molar-refractivity contribution in [2.75, 3.05) is 0 Å². The van der Waals surface area contributed by atoms with Crippen LogP contribution in [-0.4, -0.2) is 82.0 Å². The van der Waals surface area contributed by atoms with Gasteiger partial charge in [0, 0.05) is 24.5 Å². The minimum atomic E-state index is -1.84. The van der Waals surface area contributed by atoms with E-state index in [1.54, 1.807) is 0 Å². The smallest absolute Gasteiger partial charge is 0.345 e. The summed E-state index contributed by atoms with van der Waals surface area (Å²) in [6.07, 6.45) is -3.85. The predicted octanol–water partition coefficient (Wildman–Crippen LogP) is 3.33. The molecule has 4 aromatic carbocycles. The molecule has 4 aromatic rings. The number of hydrogen-bond acceptors (Lipinski definition) is 14. The van der Waals surface area contributed by atoms with Gasteiger partial charge in [-0.15, -0.1) is 0 Å². The van der Waals surface area contributed by atoms with E-state index in [1.165, 1.54) is 24.3 Å². The number of phenols is 7. The summed E-state index contributed by atoms with van der Waals surface area (Å²) in [6, 6.07) is 13.0. The highest BCUT2D eigenvalue weighted by molar-refractivity contribution is 5.92. The van der Waals surface area contributed by atoms with Crippen molar-refractivity contribution in [2.45, 2.75) is 37.1 Å². The molecule has 0 amide bonds. The molecule has 0 saturated carbocycles. The Morgan fingerprint density at radius 1 is 0.635 bits per heavy atom. The Morgan fingerprint density at radius 2 is 1.13 bits per heavy atom. The van der Waals surface area contributed by atoms with Gasteiger partial charge in [-0.25, -0.2) is 14.4 Å². The van der Waals surface area contributed by atoms with Crippen LogP contribution >= 0.6 is 0 Å². The molecule has 0 aliphatic carbocycles. The van der Waals surface area contributed by atoms with Crippen LogP contribution in [0.4, 0.5) is 0 Å². The number of aromatic hydroxyl groups is 7. The lowest BCUT2D eigenvalue weighted by Gasteiger charge is -2.22. The number of carbonyl (C=O) groups excluding carboxylic acids is 2. The highest BCUT2D eigenvalue weighted by Gasteiger charge is 2.46. The van der Waals surface area contributed by atoms with Crippen molar-refractivity contribution in [1.29, 1.82) is 0 Å². The van der Waals surface area contributed by atoms with Crippen molar-refractivity contribution in [1.82, 2.24) is 0 Å². The molecule has 0 radical (unpaired) electrons. The van der Waals surface area contributed by atoms with Crippen LogP contribution in [0.25, 0.3) is 6.08 Å². The molecule has 52 heavy (non-hydrogen) atoms. The minimum Gasteiger partial charge on any atom is -0.504 e. The van der Waals surface area contributed by atoms with Crippen molar-refractivity contribution in [3.8, 4) is 46.0 Å². The first-order chi connectivity index (χ1) is 24.6. The second-order valence-corrected chi connectivity index (χ2v) is 11.6. The van der Waals surface area contributed by atoms with Crippen LogP contribution in [0.15, 0.2) is 72.8 Å². The predicted molar refractivity (Wildman–Crippen MR) is 175 cm³/mol. The fourth-order valence-electron chi connectivity index (χ4n) is 5.49.